The van der Waals surface area contributed by atoms with Crippen LogP contribution in [-0.2, 0) is 0 Å². The van der Waals surface area contributed by atoms with Crippen molar-refractivity contribution in [3.63, 3.8) is 0 Å². The molecule has 0 saturated heterocycles. The molecule has 0 bridgehead atoms. The van der Waals surface area contributed by atoms with Gasteiger partial charge < -0.3 is 9.88 Å². The quantitative estimate of drug-likeness (QED) is 0.797. The number of aromatic amines is 1. The highest BCUT2D eigenvalue weighted by Gasteiger charge is 2.13. The Bertz CT molecular complexity index is 658. The van der Waals surface area contributed by atoms with Crippen LogP contribution in [0.4, 0.5) is 5.82 Å². The molecule has 18 heavy (non-hydrogen) atoms. The van der Waals surface area contributed by atoms with Crippen LogP contribution in [-0.4, -0.2) is 29.0 Å². The van der Waals surface area contributed by atoms with E-state index in [9.17, 15) is 0 Å². The zero-order chi connectivity index (χ0) is 12.5. The summed E-state index contributed by atoms with van der Waals surface area (Å²) in [5, 5.41) is 3.17. The SMILES string of the molecule is CN(C)c1ncnc2[nH]cc(Sc3cccs3)c12. The molecule has 0 aromatic carbocycles. The number of hydrogen-bond acceptors (Lipinski definition) is 5. The van der Waals surface area contributed by atoms with Crippen molar-refractivity contribution >= 4 is 39.9 Å². The predicted octanol–water partition coefficient (Wildman–Crippen LogP) is 3.24. The number of aromatic nitrogens is 3. The van der Waals surface area contributed by atoms with Gasteiger partial charge in [-0.25, -0.2) is 9.97 Å². The van der Waals surface area contributed by atoms with E-state index in [0.717, 1.165) is 21.7 Å². The minimum absolute atomic E-state index is 0.882. The summed E-state index contributed by atoms with van der Waals surface area (Å²) >= 11 is 3.48. The molecule has 3 aromatic rings. The Morgan fingerprint density at radius 1 is 1.33 bits per heavy atom. The molecule has 0 fully saturated rings. The lowest BCUT2D eigenvalue weighted by atomic mass is 10.3. The zero-order valence-corrected chi connectivity index (χ0v) is 11.7. The van der Waals surface area contributed by atoms with E-state index in [1.165, 1.54) is 4.21 Å². The summed E-state index contributed by atoms with van der Waals surface area (Å²) < 4.78 is 1.27. The third-order valence-corrected chi connectivity index (χ3v) is 4.62. The summed E-state index contributed by atoms with van der Waals surface area (Å²) in [6, 6.07) is 4.18. The molecule has 0 amide bonds. The summed E-state index contributed by atoms with van der Waals surface area (Å²) in [6.45, 7) is 0. The Kier molecular flexibility index (Phi) is 2.97. The number of nitrogens with zero attached hydrogens (tertiary/aromatic N) is 3. The number of H-pyrrole nitrogens is 1. The van der Waals surface area contributed by atoms with Gasteiger partial charge in [0.1, 0.15) is 17.8 Å². The van der Waals surface area contributed by atoms with Crippen molar-refractivity contribution in [3.05, 3.63) is 30.0 Å². The lowest BCUT2D eigenvalue weighted by Gasteiger charge is -2.12. The van der Waals surface area contributed by atoms with E-state index in [1.807, 2.05) is 25.2 Å². The maximum Gasteiger partial charge on any atom is 0.144 e. The highest BCUT2D eigenvalue weighted by atomic mass is 32.2. The monoisotopic (exact) mass is 276 g/mol. The van der Waals surface area contributed by atoms with Gasteiger partial charge in [0.2, 0.25) is 0 Å². The second-order valence-electron chi connectivity index (χ2n) is 4.00. The summed E-state index contributed by atoms with van der Waals surface area (Å²) in [7, 11) is 3.99. The normalized spacial score (nSPS) is 11.0. The molecule has 0 aliphatic carbocycles. The van der Waals surface area contributed by atoms with Crippen molar-refractivity contribution in [1.82, 2.24) is 15.0 Å². The predicted molar refractivity (Wildman–Crippen MR) is 76.7 cm³/mol. The smallest absolute Gasteiger partial charge is 0.144 e. The van der Waals surface area contributed by atoms with Crippen molar-refractivity contribution in [2.75, 3.05) is 19.0 Å². The topological polar surface area (TPSA) is 44.8 Å². The molecular formula is C12H12N4S2. The van der Waals surface area contributed by atoms with Gasteiger partial charge in [0.15, 0.2) is 0 Å². The first-order valence-electron chi connectivity index (χ1n) is 5.46. The molecule has 3 rings (SSSR count). The van der Waals surface area contributed by atoms with Crippen molar-refractivity contribution in [3.8, 4) is 0 Å². The molecule has 0 atom stereocenters. The van der Waals surface area contributed by atoms with Crippen LogP contribution in [0.15, 0.2) is 39.1 Å². The molecule has 4 nitrogen and oxygen atoms in total. The first-order chi connectivity index (χ1) is 8.75. The maximum atomic E-state index is 4.35. The van der Waals surface area contributed by atoms with Gasteiger partial charge in [-0.1, -0.05) is 17.8 Å². The van der Waals surface area contributed by atoms with E-state index in [-0.39, 0.29) is 0 Å². The molecule has 92 valence electrons. The fourth-order valence-corrected chi connectivity index (χ4v) is 3.62. The fraction of sp³-hybridized carbons (Fsp3) is 0.167. The Labute approximate surface area is 113 Å². The summed E-state index contributed by atoms with van der Waals surface area (Å²) in [5.41, 5.74) is 0.882. The molecule has 3 heterocycles. The van der Waals surface area contributed by atoms with Crippen molar-refractivity contribution in [2.24, 2.45) is 0 Å². The largest absolute Gasteiger partial charge is 0.362 e. The summed E-state index contributed by atoms with van der Waals surface area (Å²) in [4.78, 5) is 15.0. The molecule has 0 radical (unpaired) electrons. The van der Waals surface area contributed by atoms with E-state index in [2.05, 4.69) is 32.5 Å². The van der Waals surface area contributed by atoms with Crippen molar-refractivity contribution in [2.45, 2.75) is 9.10 Å². The molecule has 0 saturated carbocycles. The van der Waals surface area contributed by atoms with E-state index >= 15 is 0 Å². The summed E-state index contributed by atoms with van der Waals surface area (Å²) in [5.74, 6) is 0.945. The number of fused-ring (bicyclic) bond motifs is 1. The molecule has 6 heteroatoms. The van der Waals surface area contributed by atoms with Gasteiger partial charge in [-0.05, 0) is 11.4 Å². The van der Waals surface area contributed by atoms with Crippen LogP contribution >= 0.6 is 23.1 Å². The van der Waals surface area contributed by atoms with Crippen LogP contribution in [0.1, 0.15) is 0 Å². The van der Waals surface area contributed by atoms with Crippen LogP contribution < -0.4 is 4.90 Å². The lowest BCUT2D eigenvalue weighted by molar-refractivity contribution is 1.06. The zero-order valence-electron chi connectivity index (χ0n) is 10.0. The van der Waals surface area contributed by atoms with Gasteiger partial charge in [-0.2, -0.15) is 0 Å². The van der Waals surface area contributed by atoms with Gasteiger partial charge in [0.05, 0.1) is 9.60 Å². The Morgan fingerprint density at radius 2 is 2.22 bits per heavy atom. The lowest BCUT2D eigenvalue weighted by Crippen LogP contribution is -2.11. The van der Waals surface area contributed by atoms with Gasteiger partial charge in [0.25, 0.3) is 0 Å². The molecule has 1 N–H and O–H groups in total. The van der Waals surface area contributed by atoms with E-state index in [4.69, 9.17) is 0 Å². The minimum atomic E-state index is 0.882. The molecule has 0 spiro atoms. The Hall–Kier alpha value is -1.53. The second kappa shape index (κ2) is 4.62. The average molecular weight is 276 g/mol. The van der Waals surface area contributed by atoms with Crippen molar-refractivity contribution in [1.29, 1.82) is 0 Å². The van der Waals surface area contributed by atoms with Gasteiger partial charge in [0, 0.05) is 25.2 Å². The van der Waals surface area contributed by atoms with Gasteiger partial charge >= 0.3 is 0 Å². The molecular weight excluding hydrogens is 264 g/mol. The van der Waals surface area contributed by atoms with E-state index in [0.29, 0.717) is 0 Å². The van der Waals surface area contributed by atoms with Gasteiger partial charge in [-0.3, -0.25) is 0 Å². The van der Waals surface area contributed by atoms with Gasteiger partial charge in [-0.15, -0.1) is 11.3 Å². The second-order valence-corrected chi connectivity index (χ2v) is 6.29. The highest BCUT2D eigenvalue weighted by Crippen LogP contribution is 2.38. The number of thiophene rings is 1. The minimum Gasteiger partial charge on any atom is -0.362 e. The van der Waals surface area contributed by atoms with E-state index in [1.54, 1.807) is 29.4 Å². The summed E-state index contributed by atoms with van der Waals surface area (Å²) in [6.07, 6.45) is 3.59. The number of nitrogens with one attached hydrogen (secondary N) is 1. The molecule has 0 unspecified atom stereocenters. The van der Waals surface area contributed by atoms with E-state index < -0.39 is 0 Å². The molecule has 0 aliphatic rings. The Balaban J connectivity index is 2.12. The average Bonchev–Trinajstić information content (AvgIpc) is 2.99. The first-order valence-corrected chi connectivity index (χ1v) is 7.16. The standard InChI is InChI=1S/C12H12N4S2/c1-16(2)12-10-8(18-9-4-3-5-17-9)6-13-11(10)14-7-15-12/h3-7H,1-2H3,(H,13,14,15). The number of hydrogen-bond donors (Lipinski definition) is 1. The number of rotatable bonds is 3. The first kappa shape index (κ1) is 11.6. The van der Waals surface area contributed by atoms with Crippen LogP contribution in [0.25, 0.3) is 11.0 Å². The number of anilines is 1. The van der Waals surface area contributed by atoms with Crippen LogP contribution in [0.3, 0.4) is 0 Å². The van der Waals surface area contributed by atoms with Crippen LogP contribution in [0, 0.1) is 0 Å². The van der Waals surface area contributed by atoms with Crippen molar-refractivity contribution < 1.29 is 0 Å². The third kappa shape index (κ3) is 1.97. The van der Waals surface area contributed by atoms with Crippen LogP contribution in [0.2, 0.25) is 0 Å². The van der Waals surface area contributed by atoms with Crippen LogP contribution in [0.5, 0.6) is 0 Å². The molecule has 0 aliphatic heterocycles. The maximum absolute atomic E-state index is 4.35. The third-order valence-electron chi connectivity index (χ3n) is 2.54. The fourth-order valence-electron chi connectivity index (χ4n) is 1.77. The molecule has 3 aromatic heterocycles. The Morgan fingerprint density at radius 3 is 2.94 bits per heavy atom. The highest BCUT2D eigenvalue weighted by molar-refractivity contribution is 8.01.